The van der Waals surface area contributed by atoms with E-state index in [1.54, 1.807) is 0 Å². The summed E-state index contributed by atoms with van der Waals surface area (Å²) in [5.41, 5.74) is 2.92. The number of rotatable bonds is 1. The van der Waals surface area contributed by atoms with Gasteiger partial charge in [-0.1, -0.05) is 24.3 Å². The van der Waals surface area contributed by atoms with Crippen LogP contribution in [0.15, 0.2) is 30.3 Å². The average Bonchev–Trinajstić information content (AvgIpc) is 2.48. The van der Waals surface area contributed by atoms with Crippen molar-refractivity contribution in [2.75, 3.05) is 21.1 Å². The molecule has 0 aliphatic carbocycles. The third-order valence-electron chi connectivity index (χ3n) is 3.08. The maximum Gasteiger partial charge on any atom is 0.273 e. The molecule has 1 aliphatic rings. The first kappa shape index (κ1) is 11.7. The number of aliphatic hydroxyl groups is 1. The Morgan fingerprint density at radius 1 is 1.18 bits per heavy atom. The van der Waals surface area contributed by atoms with Crippen LogP contribution < -0.4 is 10.6 Å². The second kappa shape index (κ2) is 4.59. The molecule has 0 saturated heterocycles. The van der Waals surface area contributed by atoms with Gasteiger partial charge >= 0.3 is 0 Å². The number of hydrogen-bond donors (Lipinski definition) is 3. The summed E-state index contributed by atoms with van der Waals surface area (Å²) in [6.45, 7) is 0. The highest BCUT2D eigenvalue weighted by atomic mass is 16.3. The Hall–Kier alpha value is -1.81. The number of nitrogens with zero attached hydrogens (tertiary/aromatic N) is 1. The van der Waals surface area contributed by atoms with Gasteiger partial charge < -0.3 is 10.4 Å². The first-order valence-corrected chi connectivity index (χ1v) is 5.63. The Kier molecular flexibility index (Phi) is 3.15. The number of likely N-dealkylation sites (N-methyl/N-ethyl adjacent to an activating group) is 1. The zero-order valence-corrected chi connectivity index (χ0v) is 10.4. The maximum absolute atomic E-state index is 10.3. The second-order valence-corrected chi connectivity index (χ2v) is 4.02. The lowest BCUT2D eigenvalue weighted by Crippen LogP contribution is -2.29. The minimum atomic E-state index is -0.643. The fourth-order valence-electron chi connectivity index (χ4n) is 2.08. The molecule has 1 aliphatic heterocycles. The summed E-state index contributed by atoms with van der Waals surface area (Å²) < 4.78 is 1.81. The molecule has 17 heavy (non-hydrogen) atoms. The van der Waals surface area contributed by atoms with Crippen molar-refractivity contribution in [1.29, 1.82) is 0 Å². The van der Waals surface area contributed by atoms with E-state index < -0.39 is 6.23 Å². The second-order valence-electron chi connectivity index (χ2n) is 4.02. The van der Waals surface area contributed by atoms with E-state index in [0.717, 1.165) is 22.7 Å². The molecule has 0 fully saturated rings. The van der Waals surface area contributed by atoms with Gasteiger partial charge in [0.05, 0.1) is 20.2 Å². The van der Waals surface area contributed by atoms with E-state index in [-0.39, 0.29) is 0 Å². The Morgan fingerprint density at radius 2 is 1.88 bits per heavy atom. The van der Waals surface area contributed by atoms with E-state index in [1.807, 2.05) is 56.1 Å². The van der Waals surface area contributed by atoms with Crippen LogP contribution >= 0.6 is 0 Å². The number of nitrogens with one attached hydrogen (secondary N) is 2. The van der Waals surface area contributed by atoms with Gasteiger partial charge in [0.2, 0.25) is 6.23 Å². The van der Waals surface area contributed by atoms with Crippen LogP contribution in [0.1, 0.15) is 17.4 Å². The average molecular weight is 232 g/mol. The molecular weight excluding hydrogens is 214 g/mol. The number of fused-ring (bicyclic) bond motifs is 1. The van der Waals surface area contributed by atoms with Crippen molar-refractivity contribution < 1.29 is 9.68 Å². The molecule has 0 saturated carbocycles. The van der Waals surface area contributed by atoms with Gasteiger partial charge in [0, 0.05) is 23.9 Å². The van der Waals surface area contributed by atoms with Gasteiger partial charge in [-0.25, -0.2) is 4.58 Å². The molecule has 0 radical (unpaired) electrons. The molecule has 1 atom stereocenters. The minimum Gasteiger partial charge on any atom is -0.387 e. The molecule has 1 heterocycles. The summed E-state index contributed by atoms with van der Waals surface area (Å²) in [6.07, 6.45) is 1.35. The molecule has 3 N–H and O–H groups in total. The SMILES string of the molecule is CNC1=CC(NC)=[N+](C)[C@H](O)c2ccccc21. The van der Waals surface area contributed by atoms with E-state index in [1.165, 1.54) is 0 Å². The predicted molar refractivity (Wildman–Crippen MR) is 68.7 cm³/mol. The van der Waals surface area contributed by atoms with Gasteiger partial charge in [-0.05, 0) is 0 Å². The van der Waals surface area contributed by atoms with Crippen molar-refractivity contribution in [3.63, 3.8) is 0 Å². The summed E-state index contributed by atoms with van der Waals surface area (Å²) in [5, 5.41) is 16.6. The Balaban J connectivity index is 2.66. The van der Waals surface area contributed by atoms with Crippen molar-refractivity contribution >= 4 is 11.5 Å². The van der Waals surface area contributed by atoms with Crippen LogP contribution in [0.2, 0.25) is 0 Å². The molecule has 0 unspecified atom stereocenters. The lowest BCUT2D eigenvalue weighted by Gasteiger charge is -2.13. The maximum atomic E-state index is 10.3. The lowest BCUT2D eigenvalue weighted by atomic mass is 10.0. The van der Waals surface area contributed by atoms with Crippen LogP contribution in [0.25, 0.3) is 5.70 Å². The quantitative estimate of drug-likeness (QED) is 0.618. The zero-order chi connectivity index (χ0) is 12.4. The largest absolute Gasteiger partial charge is 0.387 e. The third kappa shape index (κ3) is 1.91. The highest BCUT2D eigenvalue weighted by Gasteiger charge is 2.24. The van der Waals surface area contributed by atoms with Crippen molar-refractivity contribution in [2.45, 2.75) is 6.23 Å². The fraction of sp³-hybridized carbons (Fsp3) is 0.308. The Bertz CT molecular complexity index is 491. The monoisotopic (exact) mass is 232 g/mol. The smallest absolute Gasteiger partial charge is 0.273 e. The van der Waals surface area contributed by atoms with Gasteiger partial charge in [-0.3, -0.25) is 5.32 Å². The summed E-state index contributed by atoms with van der Waals surface area (Å²) in [4.78, 5) is 0. The van der Waals surface area contributed by atoms with Crippen LogP contribution in [0.4, 0.5) is 0 Å². The van der Waals surface area contributed by atoms with E-state index >= 15 is 0 Å². The molecule has 0 aromatic heterocycles. The number of hydrogen-bond acceptors (Lipinski definition) is 3. The van der Waals surface area contributed by atoms with Crippen LogP contribution in [0.3, 0.4) is 0 Å². The lowest BCUT2D eigenvalue weighted by molar-refractivity contribution is -0.593. The standard InChI is InChI=1S/C13H17N3O/c1-14-11-8-12(15-2)16(3)13(17)10-7-5-4-6-9(10)11/h4-8,13,17H,1-3H3,(H,14,15)/p+1/t13-/m1/s1. The predicted octanol–water partition coefficient (Wildman–Crippen LogP) is 0.512. The van der Waals surface area contributed by atoms with Gasteiger partial charge in [-0.15, -0.1) is 0 Å². The van der Waals surface area contributed by atoms with Crippen molar-refractivity contribution in [1.82, 2.24) is 10.6 Å². The van der Waals surface area contributed by atoms with E-state index in [4.69, 9.17) is 0 Å². The molecular formula is C13H18N3O+. The normalized spacial score (nSPS) is 19.3. The van der Waals surface area contributed by atoms with E-state index in [2.05, 4.69) is 10.6 Å². The number of aliphatic hydroxyl groups excluding tert-OH is 1. The van der Waals surface area contributed by atoms with Crippen LogP contribution in [0, 0.1) is 0 Å². The topological polar surface area (TPSA) is 47.3 Å². The molecule has 90 valence electrons. The molecule has 1 aromatic rings. The Labute approximate surface area is 101 Å². The number of benzene rings is 1. The van der Waals surface area contributed by atoms with Crippen LogP contribution in [-0.4, -0.2) is 36.7 Å². The molecule has 0 spiro atoms. The fourth-order valence-corrected chi connectivity index (χ4v) is 2.08. The molecule has 2 rings (SSSR count). The first-order chi connectivity index (χ1) is 8.19. The minimum absolute atomic E-state index is 0.643. The highest BCUT2D eigenvalue weighted by molar-refractivity contribution is 5.96. The van der Waals surface area contributed by atoms with E-state index in [0.29, 0.717) is 0 Å². The summed E-state index contributed by atoms with van der Waals surface area (Å²) >= 11 is 0. The molecule has 4 nitrogen and oxygen atoms in total. The summed E-state index contributed by atoms with van der Waals surface area (Å²) in [6, 6.07) is 7.86. The van der Waals surface area contributed by atoms with Crippen molar-refractivity contribution in [3.05, 3.63) is 41.5 Å². The zero-order valence-electron chi connectivity index (χ0n) is 10.4. The highest BCUT2D eigenvalue weighted by Crippen LogP contribution is 2.25. The van der Waals surface area contributed by atoms with Crippen LogP contribution in [-0.2, 0) is 0 Å². The first-order valence-electron chi connectivity index (χ1n) is 5.63. The summed E-state index contributed by atoms with van der Waals surface area (Å²) in [7, 11) is 5.59. The van der Waals surface area contributed by atoms with Crippen molar-refractivity contribution in [3.8, 4) is 0 Å². The van der Waals surface area contributed by atoms with E-state index in [9.17, 15) is 5.11 Å². The van der Waals surface area contributed by atoms with Gasteiger partial charge in [0.15, 0.2) is 0 Å². The molecule has 1 aromatic carbocycles. The summed E-state index contributed by atoms with van der Waals surface area (Å²) in [5.74, 6) is 0.873. The van der Waals surface area contributed by atoms with Crippen molar-refractivity contribution in [2.24, 2.45) is 0 Å². The molecule has 4 heteroatoms. The van der Waals surface area contributed by atoms with Gasteiger partial charge in [0.1, 0.15) is 0 Å². The molecule has 0 amide bonds. The van der Waals surface area contributed by atoms with Gasteiger partial charge in [0.25, 0.3) is 5.84 Å². The molecule has 0 bridgehead atoms. The number of amidine groups is 1. The van der Waals surface area contributed by atoms with Crippen LogP contribution in [0.5, 0.6) is 0 Å². The Morgan fingerprint density at radius 3 is 2.53 bits per heavy atom. The van der Waals surface area contributed by atoms with Gasteiger partial charge in [-0.2, -0.15) is 0 Å². The third-order valence-corrected chi connectivity index (χ3v) is 3.08.